The van der Waals surface area contributed by atoms with Gasteiger partial charge in [-0.1, -0.05) is 12.1 Å². The lowest BCUT2D eigenvalue weighted by atomic mass is 9.93. The van der Waals surface area contributed by atoms with Crippen molar-refractivity contribution in [2.45, 2.75) is 52.0 Å². The van der Waals surface area contributed by atoms with Gasteiger partial charge in [0.05, 0.1) is 15.2 Å². The van der Waals surface area contributed by atoms with E-state index in [4.69, 9.17) is 0 Å². The Morgan fingerprint density at radius 1 is 1.25 bits per heavy atom. The standard InChI is InChI=1S/C21H27N5OS/c1-2-25-15-22-24-19(25)14-16-10-12-26(13-11-16)21(27)9-5-8-20-23-17-6-3-4-7-18(17)28-20/h3-4,6-7,15-16H,2,5,8-14H2,1H3. The molecular weight excluding hydrogens is 370 g/mol. The van der Waals surface area contributed by atoms with Crippen molar-refractivity contribution in [3.05, 3.63) is 41.4 Å². The summed E-state index contributed by atoms with van der Waals surface area (Å²) in [5.41, 5.74) is 1.06. The molecule has 7 heteroatoms. The van der Waals surface area contributed by atoms with Gasteiger partial charge in [-0.25, -0.2) is 4.98 Å². The lowest BCUT2D eigenvalue weighted by Crippen LogP contribution is -2.39. The number of piperidine rings is 1. The first kappa shape index (κ1) is 19.1. The fourth-order valence-corrected chi connectivity index (χ4v) is 4.93. The molecule has 28 heavy (non-hydrogen) atoms. The highest BCUT2D eigenvalue weighted by atomic mass is 32.1. The summed E-state index contributed by atoms with van der Waals surface area (Å²) in [6, 6.07) is 8.22. The van der Waals surface area contributed by atoms with Gasteiger partial charge in [-0.3, -0.25) is 4.79 Å². The van der Waals surface area contributed by atoms with Crippen LogP contribution >= 0.6 is 11.3 Å². The normalized spacial score (nSPS) is 15.4. The number of hydrogen-bond donors (Lipinski definition) is 0. The molecule has 3 heterocycles. The average molecular weight is 398 g/mol. The van der Waals surface area contributed by atoms with Gasteiger partial charge >= 0.3 is 0 Å². The Labute approximate surface area is 169 Å². The number of carbonyl (C=O) groups excluding carboxylic acids is 1. The summed E-state index contributed by atoms with van der Waals surface area (Å²) in [7, 11) is 0. The van der Waals surface area contributed by atoms with Crippen molar-refractivity contribution in [2.24, 2.45) is 5.92 Å². The number of amides is 1. The Balaban J connectivity index is 1.20. The predicted molar refractivity (Wildman–Crippen MR) is 111 cm³/mol. The number of para-hydroxylation sites is 1. The zero-order chi connectivity index (χ0) is 19.3. The van der Waals surface area contributed by atoms with E-state index >= 15 is 0 Å². The fraction of sp³-hybridized carbons (Fsp3) is 0.524. The zero-order valence-electron chi connectivity index (χ0n) is 16.4. The number of nitrogens with zero attached hydrogens (tertiary/aromatic N) is 5. The molecule has 0 N–H and O–H groups in total. The molecule has 1 aliphatic heterocycles. The first-order valence-corrected chi connectivity index (χ1v) is 11.0. The number of hydrogen-bond acceptors (Lipinski definition) is 5. The molecule has 148 valence electrons. The number of thiazole rings is 1. The molecule has 4 rings (SSSR count). The summed E-state index contributed by atoms with van der Waals surface area (Å²) in [6.45, 7) is 4.76. The summed E-state index contributed by atoms with van der Waals surface area (Å²) in [5.74, 6) is 1.96. The van der Waals surface area contributed by atoms with Crippen molar-refractivity contribution in [2.75, 3.05) is 13.1 Å². The molecule has 0 atom stereocenters. The van der Waals surface area contributed by atoms with Gasteiger partial charge in [0.1, 0.15) is 12.2 Å². The Hall–Kier alpha value is -2.28. The second-order valence-electron chi connectivity index (χ2n) is 7.49. The van der Waals surface area contributed by atoms with Crippen LogP contribution in [0.5, 0.6) is 0 Å². The number of likely N-dealkylation sites (tertiary alicyclic amines) is 1. The number of rotatable bonds is 7. The van der Waals surface area contributed by atoms with E-state index in [9.17, 15) is 4.79 Å². The van der Waals surface area contributed by atoms with E-state index in [2.05, 4.69) is 32.7 Å². The second kappa shape index (κ2) is 8.82. The smallest absolute Gasteiger partial charge is 0.222 e. The fourth-order valence-electron chi connectivity index (χ4n) is 3.92. The van der Waals surface area contributed by atoms with E-state index in [0.29, 0.717) is 12.3 Å². The van der Waals surface area contributed by atoms with Crippen molar-refractivity contribution in [3.8, 4) is 0 Å². The van der Waals surface area contributed by atoms with Crippen molar-refractivity contribution in [1.82, 2.24) is 24.6 Å². The van der Waals surface area contributed by atoms with E-state index in [-0.39, 0.29) is 5.91 Å². The molecule has 1 amide bonds. The highest BCUT2D eigenvalue weighted by molar-refractivity contribution is 7.18. The molecule has 0 unspecified atom stereocenters. The third kappa shape index (κ3) is 4.41. The monoisotopic (exact) mass is 397 g/mol. The highest BCUT2D eigenvalue weighted by Crippen LogP contribution is 2.24. The Morgan fingerprint density at radius 2 is 2.07 bits per heavy atom. The lowest BCUT2D eigenvalue weighted by Gasteiger charge is -2.32. The maximum atomic E-state index is 12.6. The SMILES string of the molecule is CCn1cnnc1CC1CCN(C(=O)CCCc2nc3ccccc3s2)CC1. The van der Waals surface area contributed by atoms with Gasteiger partial charge in [-0.15, -0.1) is 21.5 Å². The van der Waals surface area contributed by atoms with Crippen LogP contribution in [0.25, 0.3) is 10.2 Å². The molecule has 1 aromatic carbocycles. The van der Waals surface area contributed by atoms with Crippen LogP contribution in [0.2, 0.25) is 0 Å². The van der Waals surface area contributed by atoms with Gasteiger partial charge in [0.15, 0.2) is 0 Å². The van der Waals surface area contributed by atoms with E-state index < -0.39 is 0 Å². The van der Waals surface area contributed by atoms with Gasteiger partial charge in [-0.05, 0) is 50.7 Å². The maximum Gasteiger partial charge on any atom is 0.222 e. The topological polar surface area (TPSA) is 63.9 Å². The summed E-state index contributed by atoms with van der Waals surface area (Å²) in [4.78, 5) is 19.3. The molecule has 1 aliphatic rings. The first-order valence-electron chi connectivity index (χ1n) is 10.2. The third-order valence-electron chi connectivity index (χ3n) is 5.59. The van der Waals surface area contributed by atoms with Crippen molar-refractivity contribution in [3.63, 3.8) is 0 Å². The summed E-state index contributed by atoms with van der Waals surface area (Å²) >= 11 is 1.74. The molecular formula is C21H27N5OS. The van der Waals surface area contributed by atoms with Gasteiger partial charge in [0, 0.05) is 32.5 Å². The average Bonchev–Trinajstić information content (AvgIpc) is 3.34. The van der Waals surface area contributed by atoms with Gasteiger partial charge in [0.2, 0.25) is 5.91 Å². The van der Waals surface area contributed by atoms with Crippen LogP contribution in [0.1, 0.15) is 43.4 Å². The number of benzene rings is 1. The molecule has 3 aromatic rings. The van der Waals surface area contributed by atoms with Gasteiger partial charge in [0.25, 0.3) is 0 Å². The molecule has 0 radical (unpaired) electrons. The Bertz CT molecular complexity index is 893. The zero-order valence-corrected chi connectivity index (χ0v) is 17.2. The van der Waals surface area contributed by atoms with Gasteiger partial charge < -0.3 is 9.47 Å². The lowest BCUT2D eigenvalue weighted by molar-refractivity contribution is -0.132. The predicted octanol–water partition coefficient (Wildman–Crippen LogP) is 3.71. The number of aromatic nitrogens is 4. The first-order chi connectivity index (χ1) is 13.7. The molecule has 0 saturated carbocycles. The van der Waals surface area contributed by atoms with Crippen LogP contribution in [0, 0.1) is 5.92 Å². The molecule has 2 aromatic heterocycles. The number of fused-ring (bicyclic) bond motifs is 1. The van der Waals surface area contributed by atoms with Crippen molar-refractivity contribution in [1.29, 1.82) is 0 Å². The molecule has 6 nitrogen and oxygen atoms in total. The van der Waals surface area contributed by atoms with Crippen LogP contribution in [0.15, 0.2) is 30.6 Å². The van der Waals surface area contributed by atoms with Crippen LogP contribution < -0.4 is 0 Å². The van der Waals surface area contributed by atoms with Crippen LogP contribution in [0.3, 0.4) is 0 Å². The second-order valence-corrected chi connectivity index (χ2v) is 8.61. The van der Waals surface area contributed by atoms with Crippen molar-refractivity contribution >= 4 is 27.5 Å². The number of carbonyl (C=O) groups is 1. The van der Waals surface area contributed by atoms with Gasteiger partial charge in [-0.2, -0.15) is 0 Å². The van der Waals surface area contributed by atoms with E-state index in [0.717, 1.165) is 68.1 Å². The third-order valence-corrected chi connectivity index (χ3v) is 6.69. The minimum absolute atomic E-state index is 0.288. The minimum Gasteiger partial charge on any atom is -0.343 e. The van der Waals surface area contributed by atoms with Crippen molar-refractivity contribution < 1.29 is 4.79 Å². The Morgan fingerprint density at radius 3 is 2.86 bits per heavy atom. The van der Waals surface area contributed by atoms with E-state index in [1.165, 1.54) is 4.70 Å². The molecule has 0 spiro atoms. The Kier molecular flexibility index (Phi) is 6.00. The van der Waals surface area contributed by atoms with Crippen LogP contribution in [-0.4, -0.2) is 43.6 Å². The maximum absolute atomic E-state index is 12.6. The summed E-state index contributed by atoms with van der Waals surface area (Å²) in [5, 5.41) is 9.40. The minimum atomic E-state index is 0.288. The quantitative estimate of drug-likeness (QED) is 0.610. The summed E-state index contributed by atoms with van der Waals surface area (Å²) < 4.78 is 3.34. The highest BCUT2D eigenvalue weighted by Gasteiger charge is 2.24. The van der Waals surface area contributed by atoms with Crippen LogP contribution in [0.4, 0.5) is 0 Å². The summed E-state index contributed by atoms with van der Waals surface area (Å²) in [6.07, 6.45) is 7.25. The molecule has 0 bridgehead atoms. The van der Waals surface area contributed by atoms with Crippen LogP contribution in [-0.2, 0) is 24.2 Å². The largest absolute Gasteiger partial charge is 0.343 e. The molecule has 0 aliphatic carbocycles. The van der Waals surface area contributed by atoms with E-state index in [1.807, 2.05) is 23.1 Å². The number of aryl methyl sites for hydroxylation is 2. The molecule has 1 fully saturated rings. The molecule has 1 saturated heterocycles. The van der Waals surface area contributed by atoms with E-state index in [1.54, 1.807) is 17.7 Å².